The van der Waals surface area contributed by atoms with Gasteiger partial charge in [0, 0.05) is 18.3 Å². The topological polar surface area (TPSA) is 24.9 Å². The van der Waals surface area contributed by atoms with Crippen LogP contribution < -0.4 is 5.32 Å². The summed E-state index contributed by atoms with van der Waals surface area (Å²) in [6.45, 7) is 2.17. The minimum absolute atomic E-state index is 0.335. The molecule has 0 saturated heterocycles. The second kappa shape index (κ2) is 5.46. The van der Waals surface area contributed by atoms with Crippen LogP contribution in [0.1, 0.15) is 37.8 Å². The molecule has 0 aliphatic heterocycles. The Hall–Kier alpha value is -0.860. The quantitative estimate of drug-likeness (QED) is 0.642. The largest absolute Gasteiger partial charge is 0.307 e. The Kier molecular flexibility index (Phi) is 3.97. The highest BCUT2D eigenvalue weighted by atomic mass is 35.5. The van der Waals surface area contributed by atoms with Gasteiger partial charge in [0.1, 0.15) is 5.15 Å². The van der Waals surface area contributed by atoms with Gasteiger partial charge in [0.2, 0.25) is 0 Å². The Morgan fingerprint density at radius 2 is 2.31 bits per heavy atom. The molecule has 16 heavy (non-hydrogen) atoms. The third-order valence-corrected chi connectivity index (χ3v) is 3.23. The Bertz CT molecular complexity index is 359. The number of aromatic nitrogens is 1. The maximum atomic E-state index is 5.77. The molecule has 0 radical (unpaired) electrons. The maximum absolute atomic E-state index is 5.77. The van der Waals surface area contributed by atoms with Crippen LogP contribution in [0.4, 0.5) is 0 Å². The molecule has 0 aromatic carbocycles. The fourth-order valence-electron chi connectivity index (χ4n) is 2.04. The van der Waals surface area contributed by atoms with Crippen molar-refractivity contribution in [1.29, 1.82) is 0 Å². The van der Waals surface area contributed by atoms with Gasteiger partial charge in [-0.2, -0.15) is 0 Å². The lowest BCUT2D eigenvalue weighted by molar-refractivity contribution is 0.425. The summed E-state index contributed by atoms with van der Waals surface area (Å²) in [5.41, 5.74) is 1.19. The molecular formula is C13H17ClN2. The lowest BCUT2D eigenvalue weighted by Crippen LogP contribution is -2.32. The molecule has 1 aliphatic carbocycles. The monoisotopic (exact) mass is 236 g/mol. The van der Waals surface area contributed by atoms with Crippen LogP contribution in [0.2, 0.25) is 5.15 Å². The lowest BCUT2D eigenvalue weighted by Gasteiger charge is -2.24. The van der Waals surface area contributed by atoms with Crippen LogP contribution in [-0.2, 0) is 0 Å². The molecule has 2 atom stereocenters. The van der Waals surface area contributed by atoms with Crippen molar-refractivity contribution in [2.24, 2.45) is 0 Å². The van der Waals surface area contributed by atoms with E-state index < -0.39 is 0 Å². The van der Waals surface area contributed by atoms with E-state index >= 15 is 0 Å². The minimum Gasteiger partial charge on any atom is -0.307 e. The molecule has 0 spiro atoms. The van der Waals surface area contributed by atoms with E-state index in [9.17, 15) is 0 Å². The summed E-state index contributed by atoms with van der Waals surface area (Å²) >= 11 is 5.77. The first-order valence-corrected chi connectivity index (χ1v) is 6.16. The summed E-state index contributed by atoms with van der Waals surface area (Å²) in [5, 5.41) is 4.17. The third-order valence-electron chi connectivity index (χ3n) is 3.01. The summed E-state index contributed by atoms with van der Waals surface area (Å²) in [6.07, 6.45) is 9.90. The Morgan fingerprint density at radius 3 is 2.94 bits per heavy atom. The van der Waals surface area contributed by atoms with Crippen molar-refractivity contribution >= 4 is 11.6 Å². The van der Waals surface area contributed by atoms with Crippen molar-refractivity contribution < 1.29 is 0 Å². The molecule has 1 aromatic rings. The molecule has 2 nitrogen and oxygen atoms in total. The van der Waals surface area contributed by atoms with Crippen LogP contribution in [0.25, 0.3) is 0 Å². The van der Waals surface area contributed by atoms with E-state index in [0.717, 1.165) is 6.42 Å². The highest BCUT2D eigenvalue weighted by Crippen LogP contribution is 2.18. The molecule has 1 aromatic heterocycles. The number of allylic oxidation sites excluding steroid dienone is 1. The predicted octanol–water partition coefficient (Wildman–Crippen LogP) is 3.49. The summed E-state index contributed by atoms with van der Waals surface area (Å²) < 4.78 is 0. The van der Waals surface area contributed by atoms with Crippen LogP contribution in [0, 0.1) is 0 Å². The van der Waals surface area contributed by atoms with Gasteiger partial charge in [0.15, 0.2) is 0 Å². The highest BCUT2D eigenvalue weighted by molar-refractivity contribution is 6.29. The normalized spacial score (nSPS) is 22.0. The summed E-state index contributed by atoms with van der Waals surface area (Å²) in [7, 11) is 0. The van der Waals surface area contributed by atoms with Crippen molar-refractivity contribution in [2.75, 3.05) is 0 Å². The lowest BCUT2D eigenvalue weighted by atomic mass is 10.00. The fourth-order valence-corrected chi connectivity index (χ4v) is 2.15. The minimum atomic E-state index is 0.335. The van der Waals surface area contributed by atoms with E-state index in [1.54, 1.807) is 0 Å². The zero-order valence-corrected chi connectivity index (χ0v) is 10.2. The molecule has 0 bridgehead atoms. The average molecular weight is 237 g/mol. The van der Waals surface area contributed by atoms with E-state index in [-0.39, 0.29) is 0 Å². The first-order chi connectivity index (χ1) is 7.75. The van der Waals surface area contributed by atoms with Gasteiger partial charge in [-0.05, 0) is 37.8 Å². The third kappa shape index (κ3) is 3.06. The number of pyridine rings is 1. The SMILES string of the molecule is CC(NC1CC=CCC1)c1ccc(Cl)nc1. The van der Waals surface area contributed by atoms with E-state index in [0.29, 0.717) is 17.2 Å². The van der Waals surface area contributed by atoms with Gasteiger partial charge in [0.25, 0.3) is 0 Å². The Morgan fingerprint density at radius 1 is 1.44 bits per heavy atom. The first-order valence-electron chi connectivity index (χ1n) is 5.78. The Balaban J connectivity index is 1.94. The number of hydrogen-bond acceptors (Lipinski definition) is 2. The van der Waals surface area contributed by atoms with Gasteiger partial charge in [-0.15, -0.1) is 0 Å². The molecule has 1 heterocycles. The van der Waals surface area contributed by atoms with Gasteiger partial charge in [0.05, 0.1) is 0 Å². The summed E-state index contributed by atoms with van der Waals surface area (Å²) in [4.78, 5) is 4.10. The highest BCUT2D eigenvalue weighted by Gasteiger charge is 2.13. The molecular weight excluding hydrogens is 220 g/mol. The van der Waals surface area contributed by atoms with Crippen LogP contribution in [0.3, 0.4) is 0 Å². The molecule has 3 heteroatoms. The molecule has 1 N–H and O–H groups in total. The second-order valence-corrected chi connectivity index (χ2v) is 4.67. The van der Waals surface area contributed by atoms with Crippen LogP contribution in [-0.4, -0.2) is 11.0 Å². The van der Waals surface area contributed by atoms with Gasteiger partial charge in [-0.3, -0.25) is 0 Å². The van der Waals surface area contributed by atoms with Gasteiger partial charge in [-0.25, -0.2) is 4.98 Å². The summed E-state index contributed by atoms with van der Waals surface area (Å²) in [6, 6.07) is 4.80. The predicted molar refractivity (Wildman–Crippen MR) is 67.6 cm³/mol. The van der Waals surface area contributed by atoms with Crippen molar-refractivity contribution in [3.05, 3.63) is 41.2 Å². The first kappa shape index (κ1) is 11.6. The van der Waals surface area contributed by atoms with Gasteiger partial charge < -0.3 is 5.32 Å². The Labute approximate surface area is 102 Å². The van der Waals surface area contributed by atoms with E-state index in [1.807, 2.05) is 18.3 Å². The number of rotatable bonds is 3. The molecule has 0 fully saturated rings. The van der Waals surface area contributed by atoms with E-state index in [1.165, 1.54) is 18.4 Å². The van der Waals surface area contributed by atoms with Crippen molar-refractivity contribution in [3.63, 3.8) is 0 Å². The molecule has 0 saturated carbocycles. The number of hydrogen-bond donors (Lipinski definition) is 1. The van der Waals surface area contributed by atoms with Crippen LogP contribution >= 0.6 is 11.6 Å². The molecule has 86 valence electrons. The molecule has 1 aliphatic rings. The fraction of sp³-hybridized carbons (Fsp3) is 0.462. The zero-order chi connectivity index (χ0) is 11.4. The maximum Gasteiger partial charge on any atom is 0.129 e. The molecule has 0 amide bonds. The van der Waals surface area contributed by atoms with Gasteiger partial charge in [-0.1, -0.05) is 29.8 Å². The average Bonchev–Trinajstić information content (AvgIpc) is 2.31. The standard InChI is InChI=1S/C13H17ClN2/c1-10(11-7-8-13(14)15-9-11)16-12-5-3-2-4-6-12/h2-3,7-10,12,16H,4-6H2,1H3. The van der Waals surface area contributed by atoms with Crippen molar-refractivity contribution in [3.8, 4) is 0 Å². The number of nitrogens with one attached hydrogen (secondary N) is 1. The summed E-state index contributed by atoms with van der Waals surface area (Å²) in [5.74, 6) is 0. The van der Waals surface area contributed by atoms with Gasteiger partial charge >= 0.3 is 0 Å². The second-order valence-electron chi connectivity index (χ2n) is 4.28. The van der Waals surface area contributed by atoms with Crippen LogP contribution in [0.15, 0.2) is 30.5 Å². The molecule has 2 unspecified atom stereocenters. The molecule has 2 rings (SSSR count). The number of halogens is 1. The van der Waals surface area contributed by atoms with E-state index in [4.69, 9.17) is 11.6 Å². The number of nitrogens with zero attached hydrogens (tertiary/aromatic N) is 1. The van der Waals surface area contributed by atoms with E-state index in [2.05, 4.69) is 29.4 Å². The zero-order valence-electron chi connectivity index (χ0n) is 9.49. The smallest absolute Gasteiger partial charge is 0.129 e. The van der Waals surface area contributed by atoms with Crippen molar-refractivity contribution in [1.82, 2.24) is 10.3 Å². The van der Waals surface area contributed by atoms with Crippen molar-refractivity contribution in [2.45, 2.75) is 38.3 Å². The van der Waals surface area contributed by atoms with Crippen LogP contribution in [0.5, 0.6) is 0 Å².